The van der Waals surface area contributed by atoms with Crippen molar-refractivity contribution in [2.24, 2.45) is 5.10 Å². The maximum Gasteiger partial charge on any atom is 0.260 e. The predicted octanol–water partition coefficient (Wildman–Crippen LogP) is 4.01. The Balaban J connectivity index is 1.65. The first kappa shape index (κ1) is 23.4. The summed E-state index contributed by atoms with van der Waals surface area (Å²) in [4.78, 5) is 13.0. The zero-order valence-corrected chi connectivity index (χ0v) is 20.8. The highest BCUT2D eigenvalue weighted by Crippen LogP contribution is 2.49. The van der Waals surface area contributed by atoms with Gasteiger partial charge < -0.3 is 24.1 Å². The number of hydrogen-bond acceptors (Lipinski definition) is 7. The molecule has 0 saturated heterocycles. The van der Waals surface area contributed by atoms with Gasteiger partial charge in [0.25, 0.3) is 5.91 Å². The minimum atomic E-state index is -0.774. The van der Waals surface area contributed by atoms with Crippen LogP contribution in [0, 0.1) is 0 Å². The lowest BCUT2D eigenvalue weighted by molar-refractivity contribution is -0.133. The molecule has 3 aliphatic heterocycles. The van der Waals surface area contributed by atoms with Gasteiger partial charge in [-0.2, -0.15) is 5.10 Å². The van der Waals surface area contributed by atoms with E-state index < -0.39 is 11.4 Å². The Kier molecular flexibility index (Phi) is 5.79. The Morgan fingerprint density at radius 2 is 1.97 bits per heavy atom. The number of rotatable bonds is 5. The number of fused-ring (bicyclic) bond motifs is 4. The molecule has 2 aromatic rings. The van der Waals surface area contributed by atoms with Gasteiger partial charge >= 0.3 is 0 Å². The average Bonchev–Trinajstić information content (AvgIpc) is 3.45. The van der Waals surface area contributed by atoms with Crippen molar-refractivity contribution >= 4 is 23.2 Å². The molecule has 3 heterocycles. The number of methoxy groups -OCH3 is 2. The molecule has 8 nitrogen and oxygen atoms in total. The SMILES string of the molecule is C=C(C)[C@H]1Cc2c(ccc(C3=NN(C(=O)C(C)Cl)C4COc5cc(OC)c(OC)cc5C34)c2O)O1. The maximum atomic E-state index is 13.0. The van der Waals surface area contributed by atoms with Crippen LogP contribution in [0.5, 0.6) is 28.7 Å². The van der Waals surface area contributed by atoms with E-state index in [1.165, 1.54) is 5.01 Å². The summed E-state index contributed by atoms with van der Waals surface area (Å²) in [5, 5.41) is 16.6. The predicted molar refractivity (Wildman–Crippen MR) is 131 cm³/mol. The van der Waals surface area contributed by atoms with Crippen LogP contribution in [-0.2, 0) is 11.2 Å². The minimum absolute atomic E-state index is 0.0884. The van der Waals surface area contributed by atoms with E-state index in [-0.39, 0.29) is 30.3 Å². The fraction of sp³-hybridized carbons (Fsp3) is 0.385. The topological polar surface area (TPSA) is 89.8 Å². The number of ether oxygens (including phenoxy) is 4. The Morgan fingerprint density at radius 1 is 1.26 bits per heavy atom. The molecule has 0 aliphatic carbocycles. The summed E-state index contributed by atoms with van der Waals surface area (Å²) in [6.45, 7) is 7.70. The maximum absolute atomic E-state index is 13.0. The van der Waals surface area contributed by atoms with Gasteiger partial charge in [0.1, 0.15) is 41.4 Å². The first-order chi connectivity index (χ1) is 16.7. The smallest absolute Gasteiger partial charge is 0.260 e. The zero-order valence-electron chi connectivity index (χ0n) is 20.0. The first-order valence-electron chi connectivity index (χ1n) is 11.4. The third-order valence-corrected chi connectivity index (χ3v) is 6.95. The summed E-state index contributed by atoms with van der Waals surface area (Å²) in [5.41, 5.74) is 3.45. The van der Waals surface area contributed by atoms with Gasteiger partial charge in [0, 0.05) is 29.2 Å². The molecule has 1 amide bonds. The Bertz CT molecular complexity index is 1260. The fourth-order valence-corrected chi connectivity index (χ4v) is 5.02. The lowest BCUT2D eigenvalue weighted by atomic mass is 9.82. The monoisotopic (exact) mass is 498 g/mol. The molecule has 1 N–H and O–H groups in total. The molecule has 4 atom stereocenters. The standard InChI is InChI=1S/C26H27ClN2O6/c1-12(2)19-9-16-18(35-19)7-6-14(25(16)30)24-23-15-8-21(32-4)22(33-5)10-20(15)34-11-17(23)29(28-24)26(31)13(3)27/h6-8,10,13,17,19,23,30H,1,9,11H2,2-5H3/t13?,17?,19-,23?/m1/s1. The van der Waals surface area contributed by atoms with Crippen LogP contribution in [0.15, 0.2) is 41.5 Å². The van der Waals surface area contributed by atoms with Crippen molar-refractivity contribution in [3.8, 4) is 28.7 Å². The molecule has 2 aromatic carbocycles. The largest absolute Gasteiger partial charge is 0.507 e. The number of halogens is 1. The molecule has 3 aliphatic rings. The van der Waals surface area contributed by atoms with Gasteiger partial charge in [0.05, 0.1) is 25.8 Å². The lowest BCUT2D eigenvalue weighted by Crippen LogP contribution is -2.45. The van der Waals surface area contributed by atoms with Crippen LogP contribution in [0.25, 0.3) is 0 Å². The molecule has 9 heteroatoms. The van der Waals surface area contributed by atoms with Crippen LogP contribution in [0.4, 0.5) is 0 Å². The molecule has 35 heavy (non-hydrogen) atoms. The summed E-state index contributed by atoms with van der Waals surface area (Å²) in [5.74, 6) is 1.67. The molecule has 0 spiro atoms. The van der Waals surface area contributed by atoms with Crippen molar-refractivity contribution in [1.29, 1.82) is 0 Å². The van der Waals surface area contributed by atoms with Crippen LogP contribution in [0.1, 0.15) is 36.5 Å². The van der Waals surface area contributed by atoms with Gasteiger partial charge in [0.15, 0.2) is 11.5 Å². The molecule has 184 valence electrons. The van der Waals surface area contributed by atoms with E-state index in [1.54, 1.807) is 33.3 Å². The highest BCUT2D eigenvalue weighted by atomic mass is 35.5. The van der Waals surface area contributed by atoms with Gasteiger partial charge in [-0.3, -0.25) is 4.79 Å². The van der Waals surface area contributed by atoms with Gasteiger partial charge in [0.2, 0.25) is 0 Å². The second-order valence-electron chi connectivity index (χ2n) is 8.98. The number of phenolic OH excluding ortho intramolecular Hbond substituents is 1. The van der Waals surface area contributed by atoms with E-state index in [9.17, 15) is 9.90 Å². The number of nitrogens with zero attached hydrogens (tertiary/aromatic N) is 2. The molecule has 0 radical (unpaired) electrons. The number of alkyl halides is 1. The molecule has 0 bridgehead atoms. The van der Waals surface area contributed by atoms with Crippen LogP contribution in [0.3, 0.4) is 0 Å². The van der Waals surface area contributed by atoms with Crippen LogP contribution < -0.4 is 18.9 Å². The molecule has 0 aromatic heterocycles. The quantitative estimate of drug-likeness (QED) is 0.495. The van der Waals surface area contributed by atoms with Crippen molar-refractivity contribution in [2.75, 3.05) is 20.8 Å². The fourth-order valence-electron chi connectivity index (χ4n) is 4.92. The number of carbonyl (C=O) groups excluding carboxylic acids is 1. The lowest BCUT2D eigenvalue weighted by Gasteiger charge is -2.33. The molecule has 3 unspecified atom stereocenters. The third-order valence-electron chi connectivity index (χ3n) is 6.76. The summed E-state index contributed by atoms with van der Waals surface area (Å²) in [6, 6.07) is 6.78. The van der Waals surface area contributed by atoms with Crippen LogP contribution in [-0.4, -0.2) is 60.1 Å². The Hall–Kier alpha value is -3.39. The summed E-state index contributed by atoms with van der Waals surface area (Å²) >= 11 is 6.16. The van der Waals surface area contributed by atoms with E-state index in [1.807, 2.05) is 19.1 Å². The van der Waals surface area contributed by atoms with Crippen molar-refractivity contribution in [3.05, 3.63) is 53.1 Å². The van der Waals surface area contributed by atoms with E-state index in [0.717, 1.165) is 11.1 Å². The number of hydrogen-bond donors (Lipinski definition) is 1. The number of carbonyl (C=O) groups is 1. The van der Waals surface area contributed by atoms with Gasteiger partial charge in [-0.1, -0.05) is 6.58 Å². The summed E-state index contributed by atoms with van der Waals surface area (Å²) < 4.78 is 22.9. The minimum Gasteiger partial charge on any atom is -0.507 e. The van der Waals surface area contributed by atoms with Crippen LogP contribution in [0.2, 0.25) is 0 Å². The third kappa shape index (κ3) is 3.67. The molecule has 5 rings (SSSR count). The van der Waals surface area contributed by atoms with Gasteiger partial charge in [-0.15, -0.1) is 11.6 Å². The Morgan fingerprint density at radius 3 is 2.63 bits per heavy atom. The average molecular weight is 499 g/mol. The van der Waals surface area contributed by atoms with Crippen LogP contribution >= 0.6 is 11.6 Å². The number of hydrazone groups is 1. The molecule has 0 saturated carbocycles. The normalized spacial score (nSPS) is 22.7. The highest BCUT2D eigenvalue weighted by molar-refractivity contribution is 6.30. The first-order valence-corrected chi connectivity index (χ1v) is 11.8. The van der Waals surface area contributed by atoms with Crippen molar-refractivity contribution in [2.45, 2.75) is 43.7 Å². The van der Waals surface area contributed by atoms with E-state index in [2.05, 4.69) is 6.58 Å². The van der Waals surface area contributed by atoms with E-state index in [4.69, 9.17) is 35.6 Å². The summed E-state index contributed by atoms with van der Waals surface area (Å²) in [7, 11) is 3.12. The second kappa shape index (κ2) is 8.68. The number of benzene rings is 2. The van der Waals surface area contributed by atoms with E-state index in [0.29, 0.717) is 46.3 Å². The number of phenols is 1. The van der Waals surface area contributed by atoms with E-state index >= 15 is 0 Å². The Labute approximate surface area is 208 Å². The number of aromatic hydroxyl groups is 1. The van der Waals surface area contributed by atoms with Gasteiger partial charge in [-0.25, -0.2) is 5.01 Å². The van der Waals surface area contributed by atoms with Crippen molar-refractivity contribution < 1.29 is 28.8 Å². The van der Waals surface area contributed by atoms with Crippen molar-refractivity contribution in [1.82, 2.24) is 5.01 Å². The number of amides is 1. The molecule has 0 fully saturated rings. The summed E-state index contributed by atoms with van der Waals surface area (Å²) in [6.07, 6.45) is 0.317. The van der Waals surface area contributed by atoms with Gasteiger partial charge in [-0.05, 0) is 37.6 Å². The molecular formula is C26H27ClN2O6. The molecular weight excluding hydrogens is 472 g/mol. The van der Waals surface area contributed by atoms with Crippen molar-refractivity contribution in [3.63, 3.8) is 0 Å². The second-order valence-corrected chi connectivity index (χ2v) is 9.64. The highest BCUT2D eigenvalue weighted by Gasteiger charge is 2.48. The zero-order chi connectivity index (χ0) is 25.0.